The number of hydrogen-bond donors (Lipinski definition) is 1. The Morgan fingerprint density at radius 3 is 2.88 bits per heavy atom. The van der Waals surface area contributed by atoms with Crippen molar-refractivity contribution in [1.29, 1.82) is 0 Å². The van der Waals surface area contributed by atoms with Gasteiger partial charge in [-0.25, -0.2) is 14.6 Å². The number of carbonyl (C=O) groups is 1. The predicted octanol–water partition coefficient (Wildman–Crippen LogP) is 2.13. The number of ether oxygens (including phenoxy) is 1. The fourth-order valence-electron chi connectivity index (χ4n) is 2.43. The molecule has 1 amide bonds. The van der Waals surface area contributed by atoms with Crippen molar-refractivity contribution in [3.63, 3.8) is 0 Å². The Balaban J connectivity index is 1.52. The van der Waals surface area contributed by atoms with E-state index in [0.717, 1.165) is 5.69 Å². The van der Waals surface area contributed by atoms with E-state index in [1.165, 1.54) is 6.33 Å². The third-order valence-electron chi connectivity index (χ3n) is 3.57. The minimum absolute atomic E-state index is 0.228. The van der Waals surface area contributed by atoms with Gasteiger partial charge in [0.2, 0.25) is 5.88 Å². The molecule has 130 valence electrons. The van der Waals surface area contributed by atoms with E-state index in [9.17, 15) is 4.79 Å². The van der Waals surface area contributed by atoms with Gasteiger partial charge in [-0.2, -0.15) is 5.10 Å². The molecule has 9 heteroatoms. The Bertz CT molecular complexity index is 1060. The molecule has 0 saturated carbocycles. The first kappa shape index (κ1) is 15.8. The summed E-state index contributed by atoms with van der Waals surface area (Å²) in [5, 5.41) is 11.2. The zero-order chi connectivity index (χ0) is 17.9. The lowest BCUT2D eigenvalue weighted by atomic mass is 10.3. The molecule has 4 rings (SSSR count). The maximum Gasteiger partial charge on any atom is 0.263 e. The molecule has 0 saturated heterocycles. The molecule has 0 fully saturated rings. The molecule has 3 heterocycles. The smallest absolute Gasteiger partial charge is 0.263 e. The monoisotopic (exact) mass is 350 g/mol. The first-order valence-corrected chi connectivity index (χ1v) is 7.81. The largest absolute Gasteiger partial charge is 0.467 e. The fourth-order valence-corrected chi connectivity index (χ4v) is 2.43. The third kappa shape index (κ3) is 3.09. The van der Waals surface area contributed by atoms with Gasteiger partial charge in [-0.15, -0.1) is 0 Å². The van der Waals surface area contributed by atoms with Crippen LogP contribution in [0.3, 0.4) is 0 Å². The fraction of sp³-hybridized carbons (Fsp3) is 0.118. The molecule has 0 aliphatic carbocycles. The number of amides is 1. The molecule has 3 aromatic heterocycles. The highest BCUT2D eigenvalue weighted by Crippen LogP contribution is 2.23. The molecule has 0 atom stereocenters. The number of para-hydroxylation sites is 1. The maximum atomic E-state index is 12.0. The van der Waals surface area contributed by atoms with Crippen molar-refractivity contribution in [2.45, 2.75) is 6.92 Å². The van der Waals surface area contributed by atoms with Crippen LogP contribution < -0.4 is 10.1 Å². The first-order valence-electron chi connectivity index (χ1n) is 7.81. The number of anilines is 1. The van der Waals surface area contributed by atoms with Crippen molar-refractivity contribution in [1.82, 2.24) is 24.9 Å². The second-order valence-corrected chi connectivity index (χ2v) is 5.47. The summed E-state index contributed by atoms with van der Waals surface area (Å²) in [5.41, 5.74) is 1.46. The van der Waals surface area contributed by atoms with E-state index < -0.39 is 0 Å². The standard InChI is InChI=1S/C17H14N6O3/c1-11-7-14(22-26-11)21-15(24)9-25-17-13-8-20-23(16(13)18-10-19-17)12-5-3-2-4-6-12/h2-8,10H,9H2,1H3,(H,21,22,24). The van der Waals surface area contributed by atoms with Crippen molar-refractivity contribution in [3.8, 4) is 11.6 Å². The van der Waals surface area contributed by atoms with Crippen LogP contribution >= 0.6 is 0 Å². The molecule has 0 spiro atoms. The van der Waals surface area contributed by atoms with Crippen molar-refractivity contribution in [3.05, 3.63) is 54.7 Å². The average molecular weight is 350 g/mol. The number of rotatable bonds is 5. The number of hydrogen-bond acceptors (Lipinski definition) is 7. The lowest BCUT2D eigenvalue weighted by Gasteiger charge is -2.06. The van der Waals surface area contributed by atoms with Gasteiger partial charge in [0.05, 0.1) is 11.9 Å². The second-order valence-electron chi connectivity index (χ2n) is 5.47. The van der Waals surface area contributed by atoms with Crippen molar-refractivity contribution >= 4 is 22.8 Å². The van der Waals surface area contributed by atoms with Crippen LogP contribution in [0.1, 0.15) is 5.76 Å². The second kappa shape index (κ2) is 6.63. The summed E-state index contributed by atoms with van der Waals surface area (Å²) in [4.78, 5) is 20.3. The summed E-state index contributed by atoms with van der Waals surface area (Å²) in [6.45, 7) is 1.51. The number of nitrogens with one attached hydrogen (secondary N) is 1. The van der Waals surface area contributed by atoms with Crippen LogP contribution in [0.25, 0.3) is 16.7 Å². The third-order valence-corrected chi connectivity index (χ3v) is 3.57. The van der Waals surface area contributed by atoms with E-state index in [1.807, 2.05) is 30.3 Å². The van der Waals surface area contributed by atoms with E-state index in [2.05, 4.69) is 25.5 Å². The molecule has 1 aromatic carbocycles. The highest BCUT2D eigenvalue weighted by atomic mass is 16.5. The number of aryl methyl sites for hydroxylation is 1. The zero-order valence-corrected chi connectivity index (χ0v) is 13.8. The van der Waals surface area contributed by atoms with Crippen LogP contribution in [0.15, 0.2) is 53.4 Å². The molecule has 26 heavy (non-hydrogen) atoms. The van der Waals surface area contributed by atoms with Gasteiger partial charge < -0.3 is 14.6 Å². The number of benzene rings is 1. The first-order chi connectivity index (χ1) is 12.7. The summed E-state index contributed by atoms with van der Waals surface area (Å²) in [6.07, 6.45) is 2.98. The highest BCUT2D eigenvalue weighted by molar-refractivity contribution is 5.91. The molecule has 0 radical (unpaired) electrons. The number of carbonyl (C=O) groups excluding carboxylic acids is 1. The zero-order valence-electron chi connectivity index (χ0n) is 13.8. The lowest BCUT2D eigenvalue weighted by Crippen LogP contribution is -2.20. The maximum absolute atomic E-state index is 12.0. The van der Waals surface area contributed by atoms with Crippen LogP contribution in [0.2, 0.25) is 0 Å². The Kier molecular flexibility index (Phi) is 4.02. The Morgan fingerprint density at radius 1 is 1.27 bits per heavy atom. The SMILES string of the molecule is Cc1cc(NC(=O)COc2ncnc3c2cnn3-c2ccccc2)no1. The lowest BCUT2D eigenvalue weighted by molar-refractivity contribution is -0.118. The van der Waals surface area contributed by atoms with Gasteiger partial charge in [-0.05, 0) is 19.1 Å². The van der Waals surface area contributed by atoms with Crippen LogP contribution in [0.4, 0.5) is 5.82 Å². The molecule has 0 aliphatic heterocycles. The number of nitrogens with zero attached hydrogens (tertiary/aromatic N) is 5. The molecule has 4 aromatic rings. The normalized spacial score (nSPS) is 10.8. The molecule has 0 unspecified atom stereocenters. The Labute approximate surface area is 147 Å². The van der Waals surface area contributed by atoms with E-state index in [4.69, 9.17) is 9.26 Å². The van der Waals surface area contributed by atoms with Crippen LogP contribution in [0.5, 0.6) is 5.88 Å². The van der Waals surface area contributed by atoms with Crippen LogP contribution in [-0.2, 0) is 4.79 Å². The molecule has 0 aliphatic rings. The van der Waals surface area contributed by atoms with E-state index >= 15 is 0 Å². The minimum atomic E-state index is -0.375. The van der Waals surface area contributed by atoms with Gasteiger partial charge in [-0.3, -0.25) is 4.79 Å². The summed E-state index contributed by atoms with van der Waals surface area (Å²) in [6, 6.07) is 11.2. The molecular formula is C17H14N6O3. The van der Waals surface area contributed by atoms with Crippen molar-refractivity contribution in [2.24, 2.45) is 0 Å². The topological polar surface area (TPSA) is 108 Å². The summed E-state index contributed by atoms with van der Waals surface area (Å²) < 4.78 is 12.1. The summed E-state index contributed by atoms with van der Waals surface area (Å²) in [5.74, 6) is 0.845. The van der Waals surface area contributed by atoms with Gasteiger partial charge in [0.25, 0.3) is 5.91 Å². The Morgan fingerprint density at radius 2 is 2.12 bits per heavy atom. The van der Waals surface area contributed by atoms with Gasteiger partial charge in [0.15, 0.2) is 18.1 Å². The predicted molar refractivity (Wildman–Crippen MR) is 92.0 cm³/mol. The number of aromatic nitrogens is 5. The quantitative estimate of drug-likeness (QED) is 0.587. The van der Waals surface area contributed by atoms with Crippen molar-refractivity contribution < 1.29 is 14.1 Å². The van der Waals surface area contributed by atoms with E-state index in [1.54, 1.807) is 23.9 Å². The summed E-state index contributed by atoms with van der Waals surface area (Å²) >= 11 is 0. The summed E-state index contributed by atoms with van der Waals surface area (Å²) in [7, 11) is 0. The molecule has 0 bridgehead atoms. The average Bonchev–Trinajstić information content (AvgIpc) is 3.27. The molecular weight excluding hydrogens is 336 g/mol. The number of fused-ring (bicyclic) bond motifs is 1. The van der Waals surface area contributed by atoms with E-state index in [0.29, 0.717) is 22.6 Å². The molecule has 1 N–H and O–H groups in total. The van der Waals surface area contributed by atoms with Gasteiger partial charge in [0, 0.05) is 6.07 Å². The van der Waals surface area contributed by atoms with Gasteiger partial charge in [-0.1, -0.05) is 23.4 Å². The van der Waals surface area contributed by atoms with E-state index in [-0.39, 0.29) is 18.4 Å². The minimum Gasteiger partial charge on any atom is -0.467 e. The van der Waals surface area contributed by atoms with Gasteiger partial charge >= 0.3 is 0 Å². The molecule has 9 nitrogen and oxygen atoms in total. The van der Waals surface area contributed by atoms with Gasteiger partial charge in [0.1, 0.15) is 17.5 Å². The van der Waals surface area contributed by atoms with Crippen LogP contribution in [0, 0.1) is 6.92 Å². The Hall–Kier alpha value is -3.75. The van der Waals surface area contributed by atoms with Crippen LogP contribution in [-0.4, -0.2) is 37.4 Å². The van der Waals surface area contributed by atoms with Crippen molar-refractivity contribution in [2.75, 3.05) is 11.9 Å². The highest BCUT2D eigenvalue weighted by Gasteiger charge is 2.14.